The van der Waals surface area contributed by atoms with Crippen LogP contribution in [-0.4, -0.2) is 27.8 Å². The summed E-state index contributed by atoms with van der Waals surface area (Å²) in [4.78, 5) is 14.6. The molecule has 1 unspecified atom stereocenters. The molecule has 1 saturated heterocycles. The van der Waals surface area contributed by atoms with Crippen molar-refractivity contribution in [2.24, 2.45) is 5.92 Å². The molecule has 100 valence electrons. The molecule has 1 N–H and O–H groups in total. The van der Waals surface area contributed by atoms with Crippen LogP contribution in [0, 0.1) is 5.92 Å². The highest BCUT2D eigenvalue weighted by atomic mass is 35.5. The molecule has 0 aliphatic carbocycles. The number of nitrogens with one attached hydrogen (secondary N) is 1. The van der Waals surface area contributed by atoms with E-state index in [2.05, 4.69) is 4.98 Å². The first-order chi connectivity index (χ1) is 8.49. The molecule has 0 bridgehead atoms. The summed E-state index contributed by atoms with van der Waals surface area (Å²) in [6, 6.07) is 1.65. The Morgan fingerprint density at radius 3 is 2.94 bits per heavy atom. The number of hydrogen-bond donors (Lipinski definition) is 1. The predicted molar refractivity (Wildman–Crippen MR) is 72.4 cm³/mol. The highest BCUT2D eigenvalue weighted by Gasteiger charge is 2.44. The first-order valence-corrected chi connectivity index (χ1v) is 7.65. The Morgan fingerprint density at radius 1 is 1.61 bits per heavy atom. The van der Waals surface area contributed by atoms with Gasteiger partial charge >= 0.3 is 0 Å². The molecule has 4 nitrogen and oxygen atoms in total. The summed E-state index contributed by atoms with van der Waals surface area (Å²) in [6.45, 7) is 1.96. The molecule has 1 aromatic rings. The molecule has 0 amide bonds. The van der Waals surface area contributed by atoms with Crippen LogP contribution in [0.15, 0.2) is 17.1 Å². The normalized spacial score (nSPS) is 32.4. The van der Waals surface area contributed by atoms with Gasteiger partial charge in [-0.1, -0.05) is 18.5 Å². The third-order valence-electron chi connectivity index (χ3n) is 3.62. The minimum Gasteiger partial charge on any atom is -0.373 e. The summed E-state index contributed by atoms with van der Waals surface area (Å²) in [5.41, 5.74) is -0.352. The molecule has 18 heavy (non-hydrogen) atoms. The largest absolute Gasteiger partial charge is 0.373 e. The molecule has 2 rings (SSSR count). The number of hydrogen-bond acceptors (Lipinski definition) is 3. The van der Waals surface area contributed by atoms with Crippen molar-refractivity contribution >= 4 is 22.4 Å². The molecule has 0 radical (unpaired) electrons. The van der Waals surface area contributed by atoms with Gasteiger partial charge in [-0.15, -0.1) is 0 Å². The van der Waals surface area contributed by atoms with Gasteiger partial charge in [-0.05, 0) is 12.5 Å². The summed E-state index contributed by atoms with van der Waals surface area (Å²) >= 11 is 5.95. The van der Waals surface area contributed by atoms with Gasteiger partial charge in [0.05, 0.1) is 10.6 Å². The Hall–Kier alpha value is -0.650. The van der Waals surface area contributed by atoms with Crippen LogP contribution >= 0.6 is 11.6 Å². The van der Waals surface area contributed by atoms with Gasteiger partial charge in [0.25, 0.3) is 5.56 Å². The minimum atomic E-state index is -0.829. The molecular weight excluding hydrogens is 274 g/mol. The maximum Gasteiger partial charge on any atom is 0.254 e. The third-order valence-corrected chi connectivity index (χ3v) is 5.37. The van der Waals surface area contributed by atoms with Gasteiger partial charge in [-0.25, -0.2) is 0 Å². The SMILES string of the molecule is CO[C@]1(c2cc(Cl)c[nH]c2=O)CCS(=O)C[C@@H]1C. The first-order valence-electron chi connectivity index (χ1n) is 5.78. The average molecular weight is 290 g/mol. The fraction of sp³-hybridized carbons (Fsp3) is 0.583. The zero-order valence-electron chi connectivity index (χ0n) is 10.4. The monoisotopic (exact) mass is 289 g/mol. The lowest BCUT2D eigenvalue weighted by atomic mass is 9.81. The number of aromatic nitrogens is 1. The molecule has 1 fully saturated rings. The molecule has 0 aromatic carbocycles. The Kier molecular flexibility index (Phi) is 3.94. The van der Waals surface area contributed by atoms with E-state index >= 15 is 0 Å². The maximum absolute atomic E-state index is 12.0. The van der Waals surface area contributed by atoms with Crippen LogP contribution in [0.2, 0.25) is 5.02 Å². The second-order valence-electron chi connectivity index (χ2n) is 4.62. The van der Waals surface area contributed by atoms with Crippen LogP contribution in [0.25, 0.3) is 0 Å². The minimum absolute atomic E-state index is 0.0108. The molecule has 0 saturated carbocycles. The van der Waals surface area contributed by atoms with Crippen molar-refractivity contribution in [1.82, 2.24) is 4.98 Å². The van der Waals surface area contributed by atoms with Crippen molar-refractivity contribution in [3.05, 3.63) is 33.2 Å². The van der Waals surface area contributed by atoms with Crippen molar-refractivity contribution in [2.75, 3.05) is 18.6 Å². The molecule has 1 aliphatic rings. The summed E-state index contributed by atoms with van der Waals surface area (Å²) in [5, 5.41) is 0.472. The zero-order chi connectivity index (χ0) is 13.3. The van der Waals surface area contributed by atoms with Crippen LogP contribution in [-0.2, 0) is 21.1 Å². The van der Waals surface area contributed by atoms with E-state index in [0.717, 1.165) is 0 Å². The summed E-state index contributed by atoms with van der Waals surface area (Å²) in [5.74, 6) is 1.10. The molecule has 6 heteroatoms. The Morgan fingerprint density at radius 2 is 2.33 bits per heavy atom. The Balaban J connectivity index is 2.53. The van der Waals surface area contributed by atoms with Gasteiger partial charge in [0, 0.05) is 41.5 Å². The highest BCUT2D eigenvalue weighted by molar-refractivity contribution is 7.85. The van der Waals surface area contributed by atoms with Crippen LogP contribution < -0.4 is 5.56 Å². The van der Waals surface area contributed by atoms with Gasteiger partial charge < -0.3 is 9.72 Å². The molecule has 2 heterocycles. The topological polar surface area (TPSA) is 59.2 Å². The number of rotatable bonds is 2. The standard InChI is InChI=1S/C12H16ClNO3S/c1-8-7-18(16)4-3-12(8,17-2)10-5-9(13)6-14-11(10)15/h5-6,8H,3-4,7H2,1-2H3,(H,14,15)/t8-,12+,18?/m0/s1. The Labute approximate surface area is 113 Å². The first kappa shape index (κ1) is 13.8. The van der Waals surface area contributed by atoms with Gasteiger partial charge in [0.2, 0.25) is 0 Å². The van der Waals surface area contributed by atoms with Gasteiger partial charge in [0.15, 0.2) is 0 Å². The quantitative estimate of drug-likeness (QED) is 0.901. The van der Waals surface area contributed by atoms with Crippen LogP contribution in [0.1, 0.15) is 18.9 Å². The lowest BCUT2D eigenvalue weighted by molar-refractivity contribution is -0.0588. The fourth-order valence-electron chi connectivity index (χ4n) is 2.59. The molecule has 3 atom stereocenters. The second-order valence-corrected chi connectivity index (χ2v) is 6.67. The summed E-state index contributed by atoms with van der Waals surface area (Å²) in [6.07, 6.45) is 2.03. The van der Waals surface area contributed by atoms with Crippen LogP contribution in [0.3, 0.4) is 0 Å². The average Bonchev–Trinajstić information content (AvgIpc) is 2.34. The fourth-order valence-corrected chi connectivity index (χ4v) is 4.28. The molecular formula is C12H16ClNO3S. The van der Waals surface area contributed by atoms with E-state index in [9.17, 15) is 9.00 Å². The van der Waals surface area contributed by atoms with Gasteiger partial charge in [-0.2, -0.15) is 0 Å². The van der Waals surface area contributed by atoms with Crippen molar-refractivity contribution in [3.63, 3.8) is 0 Å². The predicted octanol–water partition coefficient (Wildman–Crippen LogP) is 1.66. The second kappa shape index (κ2) is 5.15. The van der Waals surface area contributed by atoms with Crippen molar-refractivity contribution in [1.29, 1.82) is 0 Å². The number of ether oxygens (including phenoxy) is 1. The molecule has 1 aromatic heterocycles. The van der Waals surface area contributed by atoms with Crippen molar-refractivity contribution in [3.8, 4) is 0 Å². The van der Waals surface area contributed by atoms with E-state index in [4.69, 9.17) is 16.3 Å². The lowest BCUT2D eigenvalue weighted by Crippen LogP contribution is -2.47. The van der Waals surface area contributed by atoms with E-state index in [1.165, 1.54) is 6.20 Å². The van der Waals surface area contributed by atoms with Crippen LogP contribution in [0.4, 0.5) is 0 Å². The van der Waals surface area contributed by atoms with Gasteiger partial charge in [0.1, 0.15) is 5.60 Å². The van der Waals surface area contributed by atoms with E-state index < -0.39 is 16.4 Å². The number of pyridine rings is 1. The number of methoxy groups -OCH3 is 1. The van der Waals surface area contributed by atoms with E-state index in [0.29, 0.717) is 28.5 Å². The smallest absolute Gasteiger partial charge is 0.254 e. The number of aromatic amines is 1. The highest BCUT2D eigenvalue weighted by Crippen LogP contribution is 2.39. The lowest BCUT2D eigenvalue weighted by Gasteiger charge is -2.40. The van der Waals surface area contributed by atoms with Crippen molar-refractivity contribution in [2.45, 2.75) is 18.9 Å². The third kappa shape index (κ3) is 2.27. The zero-order valence-corrected chi connectivity index (χ0v) is 11.9. The maximum atomic E-state index is 12.0. The molecule has 1 aliphatic heterocycles. The summed E-state index contributed by atoms with van der Waals surface area (Å²) in [7, 11) is 0.759. The van der Waals surface area contributed by atoms with E-state index in [1.54, 1.807) is 13.2 Å². The van der Waals surface area contributed by atoms with E-state index in [1.807, 2.05) is 6.92 Å². The van der Waals surface area contributed by atoms with Crippen molar-refractivity contribution < 1.29 is 8.95 Å². The number of H-pyrrole nitrogens is 1. The van der Waals surface area contributed by atoms with Crippen LogP contribution in [0.5, 0.6) is 0 Å². The molecule has 0 spiro atoms. The number of halogens is 1. The van der Waals surface area contributed by atoms with E-state index in [-0.39, 0.29) is 11.5 Å². The van der Waals surface area contributed by atoms with Gasteiger partial charge in [-0.3, -0.25) is 9.00 Å². The summed E-state index contributed by atoms with van der Waals surface area (Å²) < 4.78 is 17.3. The Bertz CT molecular complexity index is 530.